The fraction of sp³-hybridized carbons (Fsp3) is 0.333. The number of morpholine rings is 1. The number of ether oxygens (including phenoxy) is 1. The molecule has 0 N–H and O–H groups in total. The highest BCUT2D eigenvalue weighted by molar-refractivity contribution is 6.32. The van der Waals surface area contributed by atoms with E-state index in [1.54, 1.807) is 12.1 Å². The molecular weight excluding hydrogens is 347 g/mol. The molecular formula is C15H13ClF3N3O2. The molecule has 0 aliphatic carbocycles. The number of halogens is 4. The van der Waals surface area contributed by atoms with Gasteiger partial charge < -0.3 is 9.64 Å². The third kappa shape index (κ3) is 3.11. The number of rotatable bonds is 2. The van der Waals surface area contributed by atoms with Gasteiger partial charge in [-0.1, -0.05) is 23.7 Å². The molecule has 9 heteroatoms. The first-order valence-electron chi connectivity index (χ1n) is 7.16. The molecule has 0 radical (unpaired) electrons. The lowest BCUT2D eigenvalue weighted by atomic mass is 10.2. The Balaban J connectivity index is 2.08. The van der Waals surface area contributed by atoms with Crippen LogP contribution < -0.4 is 0 Å². The lowest BCUT2D eigenvalue weighted by Crippen LogP contribution is -2.41. The number of carbonyl (C=O) groups excluding carboxylic acids is 1. The molecule has 2 aromatic rings. The molecule has 1 aromatic carbocycles. The van der Waals surface area contributed by atoms with Gasteiger partial charge in [0.2, 0.25) is 0 Å². The van der Waals surface area contributed by atoms with Crippen LogP contribution in [0.3, 0.4) is 0 Å². The number of para-hydroxylation sites is 1. The van der Waals surface area contributed by atoms with E-state index in [-0.39, 0.29) is 23.8 Å². The predicted octanol–water partition coefficient (Wildman–Crippen LogP) is 3.02. The molecule has 1 aliphatic heterocycles. The number of benzene rings is 1. The van der Waals surface area contributed by atoms with Gasteiger partial charge in [0, 0.05) is 13.1 Å². The molecule has 1 aliphatic rings. The van der Waals surface area contributed by atoms with Crippen LogP contribution in [0, 0.1) is 0 Å². The maximum absolute atomic E-state index is 13.6. The number of hydrogen-bond acceptors (Lipinski definition) is 3. The second kappa shape index (κ2) is 6.45. The van der Waals surface area contributed by atoms with Crippen LogP contribution in [0.25, 0.3) is 5.69 Å². The standard InChI is InChI=1S/C15H13ClF3N3O2/c16-11-3-1-2-4-12(11)22-13(15(17,18)19)10(9-20-22)14(23)21-5-7-24-8-6-21/h1-4,9H,5-8H2. The van der Waals surface area contributed by atoms with Crippen LogP contribution in [-0.2, 0) is 10.9 Å². The second-order valence-corrected chi connectivity index (χ2v) is 5.58. The summed E-state index contributed by atoms with van der Waals surface area (Å²) in [6.07, 6.45) is -3.82. The Labute approximate surface area is 140 Å². The third-order valence-corrected chi connectivity index (χ3v) is 3.97. The number of carbonyl (C=O) groups is 1. The number of nitrogens with zero attached hydrogens (tertiary/aromatic N) is 3. The van der Waals surface area contributed by atoms with Gasteiger partial charge >= 0.3 is 6.18 Å². The van der Waals surface area contributed by atoms with Gasteiger partial charge in [-0.3, -0.25) is 4.79 Å². The van der Waals surface area contributed by atoms with Crippen LogP contribution in [0.1, 0.15) is 16.1 Å². The highest BCUT2D eigenvalue weighted by Crippen LogP contribution is 2.35. The number of hydrogen-bond donors (Lipinski definition) is 0. The molecule has 0 saturated carbocycles. The molecule has 0 bridgehead atoms. The molecule has 0 unspecified atom stereocenters. The first kappa shape index (κ1) is 16.8. The van der Waals surface area contributed by atoms with Crippen molar-refractivity contribution < 1.29 is 22.7 Å². The van der Waals surface area contributed by atoms with Crippen LogP contribution in [0.4, 0.5) is 13.2 Å². The topological polar surface area (TPSA) is 47.4 Å². The molecule has 128 valence electrons. The van der Waals surface area contributed by atoms with E-state index in [2.05, 4.69) is 5.10 Å². The lowest BCUT2D eigenvalue weighted by molar-refractivity contribution is -0.143. The summed E-state index contributed by atoms with van der Waals surface area (Å²) in [6.45, 7) is 1.08. The predicted molar refractivity (Wildman–Crippen MR) is 80.3 cm³/mol. The Hall–Kier alpha value is -2.06. The summed E-state index contributed by atoms with van der Waals surface area (Å²) < 4.78 is 46.5. The zero-order valence-corrected chi connectivity index (χ0v) is 13.1. The Morgan fingerprint density at radius 3 is 2.50 bits per heavy atom. The summed E-state index contributed by atoms with van der Waals surface area (Å²) in [5.41, 5.74) is -1.57. The van der Waals surface area contributed by atoms with Gasteiger partial charge in [-0.25, -0.2) is 4.68 Å². The Kier molecular flexibility index (Phi) is 4.51. The van der Waals surface area contributed by atoms with Crippen molar-refractivity contribution in [1.82, 2.24) is 14.7 Å². The average molecular weight is 360 g/mol. The van der Waals surface area contributed by atoms with Crippen molar-refractivity contribution in [2.45, 2.75) is 6.18 Å². The van der Waals surface area contributed by atoms with Crippen LogP contribution in [-0.4, -0.2) is 46.9 Å². The lowest BCUT2D eigenvalue weighted by Gasteiger charge is -2.27. The van der Waals surface area contributed by atoms with Crippen molar-refractivity contribution in [3.63, 3.8) is 0 Å². The summed E-state index contributed by atoms with van der Waals surface area (Å²) in [4.78, 5) is 13.8. The van der Waals surface area contributed by atoms with Crippen LogP contribution >= 0.6 is 11.6 Å². The van der Waals surface area contributed by atoms with Crippen LogP contribution in [0.5, 0.6) is 0 Å². The number of aromatic nitrogens is 2. The van der Waals surface area contributed by atoms with Crippen molar-refractivity contribution in [1.29, 1.82) is 0 Å². The Bertz CT molecular complexity index is 755. The molecule has 5 nitrogen and oxygen atoms in total. The summed E-state index contributed by atoms with van der Waals surface area (Å²) in [7, 11) is 0. The molecule has 1 saturated heterocycles. The average Bonchev–Trinajstić information content (AvgIpc) is 3.00. The van der Waals surface area contributed by atoms with E-state index in [0.29, 0.717) is 17.9 Å². The van der Waals surface area contributed by atoms with Gasteiger partial charge in [-0.2, -0.15) is 18.3 Å². The van der Waals surface area contributed by atoms with Gasteiger partial charge in [0.1, 0.15) is 0 Å². The summed E-state index contributed by atoms with van der Waals surface area (Å²) >= 11 is 5.98. The maximum Gasteiger partial charge on any atom is 0.434 e. The van der Waals surface area contributed by atoms with Crippen molar-refractivity contribution in [2.75, 3.05) is 26.3 Å². The monoisotopic (exact) mass is 359 g/mol. The summed E-state index contributed by atoms with van der Waals surface area (Å²) in [5.74, 6) is -0.719. The molecule has 1 aromatic heterocycles. The van der Waals surface area contributed by atoms with E-state index in [1.165, 1.54) is 17.0 Å². The minimum atomic E-state index is -4.76. The van der Waals surface area contributed by atoms with Crippen molar-refractivity contribution >= 4 is 17.5 Å². The first-order valence-corrected chi connectivity index (χ1v) is 7.54. The van der Waals surface area contributed by atoms with E-state index >= 15 is 0 Å². The molecule has 1 amide bonds. The quantitative estimate of drug-likeness (QED) is 0.828. The smallest absolute Gasteiger partial charge is 0.378 e. The maximum atomic E-state index is 13.6. The van der Waals surface area contributed by atoms with E-state index in [1.807, 2.05) is 0 Å². The Morgan fingerprint density at radius 1 is 1.21 bits per heavy atom. The van der Waals surface area contributed by atoms with Crippen LogP contribution in [0.15, 0.2) is 30.5 Å². The third-order valence-electron chi connectivity index (χ3n) is 3.65. The minimum absolute atomic E-state index is 0.0625. The fourth-order valence-electron chi connectivity index (χ4n) is 2.52. The van der Waals surface area contributed by atoms with E-state index in [9.17, 15) is 18.0 Å². The zero-order valence-electron chi connectivity index (χ0n) is 12.4. The molecule has 24 heavy (non-hydrogen) atoms. The minimum Gasteiger partial charge on any atom is -0.378 e. The molecule has 1 fully saturated rings. The summed E-state index contributed by atoms with van der Waals surface area (Å²) in [6, 6.07) is 6.02. The zero-order chi connectivity index (χ0) is 17.3. The largest absolute Gasteiger partial charge is 0.434 e. The number of amides is 1. The molecule has 0 spiro atoms. The van der Waals surface area contributed by atoms with Gasteiger partial charge in [-0.15, -0.1) is 0 Å². The second-order valence-electron chi connectivity index (χ2n) is 5.17. The summed E-state index contributed by atoms with van der Waals surface area (Å²) in [5, 5.41) is 3.87. The van der Waals surface area contributed by atoms with Gasteiger partial charge in [0.05, 0.1) is 35.7 Å². The van der Waals surface area contributed by atoms with Gasteiger partial charge in [0.15, 0.2) is 5.69 Å². The van der Waals surface area contributed by atoms with Gasteiger partial charge in [0.25, 0.3) is 5.91 Å². The van der Waals surface area contributed by atoms with E-state index in [0.717, 1.165) is 6.20 Å². The molecule has 0 atom stereocenters. The highest BCUT2D eigenvalue weighted by atomic mass is 35.5. The van der Waals surface area contributed by atoms with E-state index in [4.69, 9.17) is 16.3 Å². The first-order chi connectivity index (χ1) is 11.4. The normalized spacial score (nSPS) is 15.6. The van der Waals surface area contributed by atoms with Gasteiger partial charge in [-0.05, 0) is 12.1 Å². The SMILES string of the molecule is O=C(c1cnn(-c2ccccc2Cl)c1C(F)(F)F)N1CCOCC1. The molecule has 3 rings (SSSR count). The van der Waals surface area contributed by atoms with E-state index < -0.39 is 23.3 Å². The Morgan fingerprint density at radius 2 is 1.88 bits per heavy atom. The highest BCUT2D eigenvalue weighted by Gasteiger charge is 2.41. The van der Waals surface area contributed by atoms with Crippen molar-refractivity contribution in [3.05, 3.63) is 46.7 Å². The van der Waals surface area contributed by atoms with Crippen LogP contribution in [0.2, 0.25) is 5.02 Å². The fourth-order valence-corrected chi connectivity index (χ4v) is 2.74. The van der Waals surface area contributed by atoms with Crippen molar-refractivity contribution in [3.8, 4) is 5.69 Å². The molecule has 2 heterocycles. The van der Waals surface area contributed by atoms with Crippen molar-refractivity contribution in [2.24, 2.45) is 0 Å². The number of alkyl halides is 3.